The van der Waals surface area contributed by atoms with Crippen LogP contribution in [0.25, 0.3) is 5.95 Å². The van der Waals surface area contributed by atoms with Crippen LogP contribution in [0, 0.1) is 0 Å². The minimum atomic E-state index is 0.176. The van der Waals surface area contributed by atoms with Gasteiger partial charge in [-0.25, -0.2) is 4.98 Å². The van der Waals surface area contributed by atoms with E-state index in [1.807, 2.05) is 25.8 Å². The maximum Gasteiger partial charge on any atom is 0.241 e. The van der Waals surface area contributed by atoms with E-state index < -0.39 is 0 Å². The van der Waals surface area contributed by atoms with Crippen molar-refractivity contribution < 1.29 is 4.74 Å². The largest absolute Gasteiger partial charge is 0.377 e. The molecule has 0 fully saturated rings. The Morgan fingerprint density at radius 1 is 1.35 bits per heavy atom. The van der Waals surface area contributed by atoms with E-state index in [9.17, 15) is 0 Å². The van der Waals surface area contributed by atoms with Crippen molar-refractivity contribution in [3.63, 3.8) is 0 Å². The number of anilines is 2. The van der Waals surface area contributed by atoms with Gasteiger partial charge in [-0.05, 0) is 13.8 Å². The molecule has 0 spiro atoms. The molecule has 0 saturated carbocycles. The molecule has 2 heterocycles. The molecular formula is C12H19N7O. The topological polar surface area (TPSA) is 95.0 Å². The minimum absolute atomic E-state index is 0.176. The second-order valence-corrected chi connectivity index (χ2v) is 4.60. The molecule has 0 saturated heterocycles. The first kappa shape index (κ1) is 14.2. The predicted octanol–water partition coefficient (Wildman–Crippen LogP) is 0.501. The van der Waals surface area contributed by atoms with Gasteiger partial charge in [0.2, 0.25) is 17.8 Å². The lowest BCUT2D eigenvalue weighted by atomic mass is 10.5. The molecule has 0 amide bonds. The molecule has 0 atom stereocenters. The van der Waals surface area contributed by atoms with Gasteiger partial charge in [0.05, 0.1) is 12.7 Å². The molecule has 20 heavy (non-hydrogen) atoms. The highest BCUT2D eigenvalue weighted by molar-refractivity contribution is 5.37. The molecule has 2 rings (SSSR count). The number of imidazole rings is 1. The van der Waals surface area contributed by atoms with Crippen molar-refractivity contribution in [3.05, 3.63) is 18.7 Å². The van der Waals surface area contributed by atoms with Crippen LogP contribution in [0.5, 0.6) is 0 Å². The van der Waals surface area contributed by atoms with Crippen molar-refractivity contribution in [2.45, 2.75) is 20.0 Å². The molecule has 0 aliphatic carbocycles. The smallest absolute Gasteiger partial charge is 0.241 e. The number of hydrogen-bond donors (Lipinski definition) is 1. The molecule has 0 radical (unpaired) electrons. The maximum atomic E-state index is 5.73. The summed E-state index contributed by atoms with van der Waals surface area (Å²) in [4.78, 5) is 18.4. The van der Waals surface area contributed by atoms with Crippen LogP contribution in [0.3, 0.4) is 0 Å². The van der Waals surface area contributed by atoms with E-state index in [4.69, 9.17) is 10.5 Å². The van der Waals surface area contributed by atoms with Gasteiger partial charge < -0.3 is 15.4 Å². The van der Waals surface area contributed by atoms with Gasteiger partial charge in [-0.1, -0.05) is 0 Å². The highest BCUT2D eigenvalue weighted by Crippen LogP contribution is 2.10. The Labute approximate surface area is 117 Å². The van der Waals surface area contributed by atoms with Crippen molar-refractivity contribution >= 4 is 11.9 Å². The molecule has 0 aliphatic rings. The van der Waals surface area contributed by atoms with Crippen LogP contribution in [0.4, 0.5) is 11.9 Å². The average molecular weight is 277 g/mol. The van der Waals surface area contributed by atoms with Gasteiger partial charge in [-0.15, -0.1) is 0 Å². The zero-order chi connectivity index (χ0) is 14.5. The van der Waals surface area contributed by atoms with Crippen LogP contribution in [0.2, 0.25) is 0 Å². The summed E-state index contributed by atoms with van der Waals surface area (Å²) in [5.41, 5.74) is 5.73. The summed E-state index contributed by atoms with van der Waals surface area (Å²) in [6.07, 6.45) is 5.22. The molecule has 8 heteroatoms. The number of hydrogen-bond acceptors (Lipinski definition) is 7. The third kappa shape index (κ3) is 3.64. The normalized spacial score (nSPS) is 11.0. The van der Waals surface area contributed by atoms with Crippen molar-refractivity contribution in [2.24, 2.45) is 0 Å². The van der Waals surface area contributed by atoms with E-state index in [0.29, 0.717) is 25.0 Å². The fourth-order valence-electron chi connectivity index (χ4n) is 1.56. The van der Waals surface area contributed by atoms with E-state index in [-0.39, 0.29) is 12.1 Å². The first-order chi connectivity index (χ1) is 9.56. The third-order valence-electron chi connectivity index (χ3n) is 2.58. The van der Waals surface area contributed by atoms with Gasteiger partial charge in [-0.2, -0.15) is 15.0 Å². The zero-order valence-electron chi connectivity index (χ0n) is 11.9. The van der Waals surface area contributed by atoms with Crippen LogP contribution < -0.4 is 10.6 Å². The summed E-state index contributed by atoms with van der Waals surface area (Å²) >= 11 is 0. The summed E-state index contributed by atoms with van der Waals surface area (Å²) in [6.45, 7) is 5.27. The molecule has 108 valence electrons. The highest BCUT2D eigenvalue weighted by atomic mass is 16.5. The quantitative estimate of drug-likeness (QED) is 0.821. The summed E-state index contributed by atoms with van der Waals surface area (Å²) in [5.74, 6) is 1.13. The molecule has 0 aliphatic heterocycles. The van der Waals surface area contributed by atoms with Crippen molar-refractivity contribution in [2.75, 3.05) is 30.8 Å². The fraction of sp³-hybridized carbons (Fsp3) is 0.500. The average Bonchev–Trinajstić information content (AvgIpc) is 2.91. The Morgan fingerprint density at radius 2 is 2.15 bits per heavy atom. The van der Waals surface area contributed by atoms with Crippen LogP contribution in [0.1, 0.15) is 13.8 Å². The van der Waals surface area contributed by atoms with E-state index in [2.05, 4.69) is 19.9 Å². The van der Waals surface area contributed by atoms with Crippen LogP contribution in [-0.4, -0.2) is 50.8 Å². The van der Waals surface area contributed by atoms with Crippen molar-refractivity contribution in [1.82, 2.24) is 24.5 Å². The third-order valence-corrected chi connectivity index (χ3v) is 2.58. The number of aromatic nitrogens is 5. The van der Waals surface area contributed by atoms with Crippen molar-refractivity contribution in [1.29, 1.82) is 0 Å². The Morgan fingerprint density at radius 3 is 2.80 bits per heavy atom. The first-order valence-electron chi connectivity index (χ1n) is 6.39. The lowest BCUT2D eigenvalue weighted by molar-refractivity contribution is 0.0844. The van der Waals surface area contributed by atoms with E-state index >= 15 is 0 Å². The molecule has 0 bridgehead atoms. The van der Waals surface area contributed by atoms with Gasteiger partial charge in [0.15, 0.2) is 0 Å². The molecule has 8 nitrogen and oxygen atoms in total. The number of nitrogen functional groups attached to an aromatic ring is 1. The standard InChI is InChI=1S/C12H19N7O/c1-9(2)20-7-6-18(3)11-15-10(13)16-12(17-11)19-5-4-14-8-19/h4-5,8-9H,6-7H2,1-3H3,(H2,13,15,16,17). The lowest BCUT2D eigenvalue weighted by Gasteiger charge is -2.18. The summed E-state index contributed by atoms with van der Waals surface area (Å²) in [6, 6.07) is 0. The molecule has 0 unspecified atom stereocenters. The predicted molar refractivity (Wildman–Crippen MR) is 75.7 cm³/mol. The summed E-state index contributed by atoms with van der Waals surface area (Å²) in [5, 5.41) is 0. The first-order valence-corrected chi connectivity index (χ1v) is 6.39. The molecule has 0 aromatic carbocycles. The second-order valence-electron chi connectivity index (χ2n) is 4.60. The zero-order valence-corrected chi connectivity index (χ0v) is 11.9. The van der Waals surface area contributed by atoms with Gasteiger partial charge in [-0.3, -0.25) is 4.57 Å². The van der Waals surface area contributed by atoms with Crippen LogP contribution >= 0.6 is 0 Å². The second kappa shape index (κ2) is 6.29. The number of nitrogens with zero attached hydrogens (tertiary/aromatic N) is 6. The number of ether oxygens (including phenoxy) is 1. The monoisotopic (exact) mass is 277 g/mol. The molecule has 2 aromatic heterocycles. The Kier molecular flexibility index (Phi) is 4.46. The number of nitrogens with two attached hydrogens (primary N) is 1. The van der Waals surface area contributed by atoms with E-state index in [1.54, 1.807) is 23.3 Å². The number of likely N-dealkylation sites (N-methyl/N-ethyl adjacent to an activating group) is 1. The van der Waals surface area contributed by atoms with E-state index in [1.165, 1.54) is 0 Å². The fourth-order valence-corrected chi connectivity index (χ4v) is 1.56. The summed E-state index contributed by atoms with van der Waals surface area (Å²) < 4.78 is 7.19. The molecule has 2 N–H and O–H groups in total. The van der Waals surface area contributed by atoms with Gasteiger partial charge in [0.25, 0.3) is 0 Å². The summed E-state index contributed by atoms with van der Waals surface area (Å²) in [7, 11) is 1.89. The molecular weight excluding hydrogens is 258 g/mol. The van der Waals surface area contributed by atoms with Gasteiger partial charge in [0.1, 0.15) is 6.33 Å². The van der Waals surface area contributed by atoms with Gasteiger partial charge in [0, 0.05) is 26.0 Å². The Balaban J connectivity index is 2.11. The van der Waals surface area contributed by atoms with Crippen molar-refractivity contribution in [3.8, 4) is 5.95 Å². The van der Waals surface area contributed by atoms with Crippen LogP contribution in [-0.2, 0) is 4.74 Å². The number of rotatable bonds is 6. The Bertz CT molecular complexity index is 541. The highest BCUT2D eigenvalue weighted by Gasteiger charge is 2.10. The van der Waals surface area contributed by atoms with Crippen LogP contribution in [0.15, 0.2) is 18.7 Å². The van der Waals surface area contributed by atoms with E-state index in [0.717, 1.165) is 0 Å². The lowest BCUT2D eigenvalue weighted by Crippen LogP contribution is -2.26. The van der Waals surface area contributed by atoms with Gasteiger partial charge >= 0.3 is 0 Å². The minimum Gasteiger partial charge on any atom is -0.377 e. The maximum absolute atomic E-state index is 5.73. The SMILES string of the molecule is CC(C)OCCN(C)c1nc(N)nc(-n2ccnc2)n1. The Hall–Kier alpha value is -2.22. The molecule has 2 aromatic rings.